The molecule has 2 heterocycles. The molecule has 4 aromatic rings. The summed E-state index contributed by atoms with van der Waals surface area (Å²) in [6, 6.07) is 11.5. The molecule has 0 fully saturated rings. The molecule has 0 bridgehead atoms. The Balaban J connectivity index is 1.76. The summed E-state index contributed by atoms with van der Waals surface area (Å²) in [5.41, 5.74) is 6.85. The number of alkyl halides is 2. The lowest BCUT2D eigenvalue weighted by molar-refractivity contribution is 0.100. The summed E-state index contributed by atoms with van der Waals surface area (Å²) in [7, 11) is -1.13. The van der Waals surface area contributed by atoms with Gasteiger partial charge in [-0.15, -0.1) is 0 Å². The standard InChI is InChI=1S/C24H23F3N6O4S/c1-12-10-19(31-37-12)29-23-20(22(28)34)21(30-33(23)3)15-6-9-17(32-38(35)24(26)27)18(11-15)36-13(2)14-4-7-16(25)8-5-14/h4-11,13,24,32H,1-3H3,(H2,28,34)(H,29,31). The van der Waals surface area contributed by atoms with Gasteiger partial charge in [-0.1, -0.05) is 23.4 Å². The fraction of sp³-hybridized carbons (Fsp3) is 0.208. The molecule has 2 unspecified atom stereocenters. The van der Waals surface area contributed by atoms with Crippen molar-refractivity contribution in [3.05, 3.63) is 71.2 Å². The minimum absolute atomic E-state index is 0.00863. The Bertz CT molecular complexity index is 1490. The first-order valence-electron chi connectivity index (χ1n) is 11.1. The number of nitrogens with one attached hydrogen (secondary N) is 2. The van der Waals surface area contributed by atoms with Crippen LogP contribution in [0.15, 0.2) is 53.1 Å². The van der Waals surface area contributed by atoms with Crippen LogP contribution in [0.4, 0.5) is 30.5 Å². The second-order valence-electron chi connectivity index (χ2n) is 8.19. The highest BCUT2D eigenvalue weighted by Gasteiger charge is 2.25. The largest absolute Gasteiger partial charge is 0.484 e. The van der Waals surface area contributed by atoms with Gasteiger partial charge in [0.1, 0.15) is 40.5 Å². The average molecular weight is 549 g/mol. The molecule has 38 heavy (non-hydrogen) atoms. The molecule has 4 N–H and O–H groups in total. The molecule has 0 radical (unpaired) electrons. The first-order chi connectivity index (χ1) is 18.0. The van der Waals surface area contributed by atoms with Crippen molar-refractivity contribution < 1.29 is 31.4 Å². The van der Waals surface area contributed by atoms with Gasteiger partial charge in [0.2, 0.25) is 0 Å². The lowest BCUT2D eigenvalue weighted by Crippen LogP contribution is -2.15. The van der Waals surface area contributed by atoms with Crippen molar-refractivity contribution in [1.82, 2.24) is 14.9 Å². The summed E-state index contributed by atoms with van der Waals surface area (Å²) in [4.78, 5) is 12.5. The molecule has 0 saturated carbocycles. The van der Waals surface area contributed by atoms with E-state index in [0.29, 0.717) is 22.7 Å². The van der Waals surface area contributed by atoms with Crippen LogP contribution in [0.25, 0.3) is 11.3 Å². The number of primary amides is 1. The highest BCUT2D eigenvalue weighted by atomic mass is 32.2. The second-order valence-corrected chi connectivity index (χ2v) is 9.35. The number of rotatable bonds is 10. The van der Waals surface area contributed by atoms with Gasteiger partial charge in [-0.05, 0) is 43.7 Å². The van der Waals surface area contributed by atoms with Crippen molar-refractivity contribution >= 4 is 34.2 Å². The number of nitrogens with zero attached hydrogens (tertiary/aromatic N) is 3. The molecule has 4 rings (SSSR count). The predicted octanol–water partition coefficient (Wildman–Crippen LogP) is 4.80. The Morgan fingerprint density at radius 2 is 1.89 bits per heavy atom. The Morgan fingerprint density at radius 3 is 2.50 bits per heavy atom. The number of carbonyl (C=O) groups is 1. The van der Waals surface area contributed by atoms with Crippen LogP contribution in [0.5, 0.6) is 5.75 Å². The highest BCUT2D eigenvalue weighted by Crippen LogP contribution is 2.37. The molecule has 14 heteroatoms. The molecule has 2 aromatic carbocycles. The number of aromatic nitrogens is 3. The van der Waals surface area contributed by atoms with Gasteiger partial charge < -0.3 is 20.3 Å². The number of aryl methyl sites for hydroxylation is 2. The van der Waals surface area contributed by atoms with Gasteiger partial charge in [0, 0.05) is 18.7 Å². The fourth-order valence-electron chi connectivity index (χ4n) is 3.65. The van der Waals surface area contributed by atoms with E-state index in [1.165, 1.54) is 47.1 Å². The van der Waals surface area contributed by atoms with Crippen molar-refractivity contribution in [1.29, 1.82) is 0 Å². The lowest BCUT2D eigenvalue weighted by Gasteiger charge is -2.19. The maximum Gasteiger partial charge on any atom is 0.330 e. The van der Waals surface area contributed by atoms with E-state index in [2.05, 4.69) is 20.3 Å². The zero-order valence-corrected chi connectivity index (χ0v) is 21.2. The summed E-state index contributed by atoms with van der Waals surface area (Å²) in [6.45, 7) is 3.37. The predicted molar refractivity (Wildman–Crippen MR) is 135 cm³/mol. The number of anilines is 3. The first-order valence-corrected chi connectivity index (χ1v) is 12.3. The van der Waals surface area contributed by atoms with Crippen LogP contribution in [0, 0.1) is 12.7 Å². The third-order valence-electron chi connectivity index (χ3n) is 5.44. The van der Waals surface area contributed by atoms with E-state index in [1.54, 1.807) is 27.0 Å². The van der Waals surface area contributed by atoms with Crippen LogP contribution < -0.4 is 20.5 Å². The molecule has 0 saturated heterocycles. The van der Waals surface area contributed by atoms with Gasteiger partial charge in [-0.3, -0.25) is 14.2 Å². The van der Waals surface area contributed by atoms with Crippen molar-refractivity contribution in [2.75, 3.05) is 10.0 Å². The highest BCUT2D eigenvalue weighted by molar-refractivity contribution is 7.86. The Kier molecular flexibility index (Phi) is 7.71. The van der Waals surface area contributed by atoms with Crippen molar-refractivity contribution in [2.45, 2.75) is 25.7 Å². The van der Waals surface area contributed by atoms with Gasteiger partial charge in [0.25, 0.3) is 5.91 Å². The van der Waals surface area contributed by atoms with Gasteiger partial charge in [-0.25, -0.2) is 8.60 Å². The lowest BCUT2D eigenvalue weighted by atomic mass is 10.1. The van der Waals surface area contributed by atoms with Crippen LogP contribution >= 0.6 is 0 Å². The molecular formula is C24H23F3N6O4S. The maximum absolute atomic E-state index is 13.4. The van der Waals surface area contributed by atoms with Crippen LogP contribution in [0.2, 0.25) is 0 Å². The topological polar surface area (TPSA) is 137 Å². The number of nitrogens with two attached hydrogens (primary N) is 1. The zero-order valence-electron chi connectivity index (χ0n) is 20.4. The smallest absolute Gasteiger partial charge is 0.330 e. The third-order valence-corrected chi connectivity index (χ3v) is 6.18. The van der Waals surface area contributed by atoms with E-state index in [0.717, 1.165) is 0 Å². The number of hydrogen-bond acceptors (Lipinski definition) is 7. The van der Waals surface area contributed by atoms with E-state index in [-0.39, 0.29) is 28.5 Å². The molecule has 0 spiro atoms. The van der Waals surface area contributed by atoms with Crippen molar-refractivity contribution in [2.24, 2.45) is 12.8 Å². The van der Waals surface area contributed by atoms with Crippen LogP contribution in [-0.4, -0.2) is 30.8 Å². The Morgan fingerprint density at radius 1 is 1.18 bits per heavy atom. The quantitative estimate of drug-likeness (QED) is 0.259. The van der Waals surface area contributed by atoms with Crippen molar-refractivity contribution in [3.8, 4) is 17.0 Å². The number of hydrogen-bond donors (Lipinski definition) is 3. The maximum atomic E-state index is 13.4. The third kappa shape index (κ3) is 5.80. The van der Waals surface area contributed by atoms with Crippen LogP contribution in [0.3, 0.4) is 0 Å². The van der Waals surface area contributed by atoms with Gasteiger partial charge in [0.05, 0.1) is 5.69 Å². The Labute approximate surface area is 217 Å². The number of benzene rings is 2. The molecule has 2 aromatic heterocycles. The number of halogens is 3. The van der Waals surface area contributed by atoms with Gasteiger partial charge in [0.15, 0.2) is 16.8 Å². The van der Waals surface area contributed by atoms with Crippen LogP contribution in [-0.2, 0) is 18.0 Å². The molecule has 1 amide bonds. The van der Waals surface area contributed by atoms with Crippen LogP contribution in [0.1, 0.15) is 34.7 Å². The molecule has 2 atom stereocenters. The minimum atomic E-state index is -3.15. The van der Waals surface area contributed by atoms with E-state index < -0.39 is 34.6 Å². The van der Waals surface area contributed by atoms with Gasteiger partial charge in [-0.2, -0.15) is 13.9 Å². The molecule has 200 valence electrons. The average Bonchev–Trinajstić information content (AvgIpc) is 3.43. The summed E-state index contributed by atoms with van der Waals surface area (Å²) < 4.78 is 65.9. The summed E-state index contributed by atoms with van der Waals surface area (Å²) in [5.74, 6) is -3.23. The SMILES string of the molecule is Cc1cc(Nc2c(C(N)=O)c(-c3ccc(NS(=O)C(F)F)c(OC(C)c4ccc(F)cc4)c3)nn2C)no1. The normalized spacial score (nSPS) is 12.8. The molecule has 0 aliphatic heterocycles. The van der Waals surface area contributed by atoms with E-state index in [4.69, 9.17) is 15.0 Å². The molecule has 0 aliphatic carbocycles. The zero-order chi connectivity index (χ0) is 27.6. The fourth-order valence-corrected chi connectivity index (χ4v) is 4.12. The molecule has 10 nitrogen and oxygen atoms in total. The summed E-state index contributed by atoms with van der Waals surface area (Å²) in [5, 5.41) is 11.2. The molecule has 0 aliphatic rings. The van der Waals surface area contributed by atoms with E-state index in [9.17, 15) is 22.2 Å². The minimum Gasteiger partial charge on any atom is -0.484 e. The van der Waals surface area contributed by atoms with E-state index in [1.807, 2.05) is 0 Å². The summed E-state index contributed by atoms with van der Waals surface area (Å²) in [6.07, 6.45) is -0.654. The number of amides is 1. The number of carbonyl (C=O) groups excluding carboxylic acids is 1. The number of ether oxygens (including phenoxy) is 1. The first kappa shape index (κ1) is 26.7. The van der Waals surface area contributed by atoms with Crippen molar-refractivity contribution in [3.63, 3.8) is 0 Å². The van der Waals surface area contributed by atoms with Gasteiger partial charge >= 0.3 is 5.76 Å². The second kappa shape index (κ2) is 11.0. The van der Waals surface area contributed by atoms with E-state index >= 15 is 0 Å². The monoisotopic (exact) mass is 548 g/mol. The molecular weight excluding hydrogens is 525 g/mol. The summed E-state index contributed by atoms with van der Waals surface area (Å²) >= 11 is 0. The Hall–Kier alpha value is -4.33.